The first-order chi connectivity index (χ1) is 8.75. The molecule has 0 aliphatic carbocycles. The van der Waals surface area contributed by atoms with E-state index in [1.807, 2.05) is 67.6 Å². The zero-order chi connectivity index (χ0) is 12.8. The van der Waals surface area contributed by atoms with Crippen molar-refractivity contribution < 1.29 is 4.79 Å². The van der Waals surface area contributed by atoms with Crippen LogP contribution in [-0.4, -0.2) is 11.9 Å². The predicted molar refractivity (Wildman–Crippen MR) is 74.6 cm³/mol. The Hall–Kier alpha value is -2.29. The van der Waals surface area contributed by atoms with Gasteiger partial charge in [0.1, 0.15) is 6.04 Å². The highest BCUT2D eigenvalue weighted by Gasteiger charge is 2.12. The fourth-order valence-electron chi connectivity index (χ4n) is 1.62. The van der Waals surface area contributed by atoms with Gasteiger partial charge in [-0.3, -0.25) is 4.79 Å². The average Bonchev–Trinajstić information content (AvgIpc) is 2.41. The van der Waals surface area contributed by atoms with Crippen LogP contribution in [0.25, 0.3) is 0 Å². The molecular formula is C15H16N2O. The van der Waals surface area contributed by atoms with Crippen LogP contribution in [-0.2, 0) is 4.79 Å². The maximum atomic E-state index is 11.9. The summed E-state index contributed by atoms with van der Waals surface area (Å²) in [7, 11) is 0. The molecule has 1 amide bonds. The first-order valence-corrected chi connectivity index (χ1v) is 5.93. The molecule has 0 aliphatic rings. The van der Waals surface area contributed by atoms with Gasteiger partial charge < -0.3 is 10.6 Å². The van der Waals surface area contributed by atoms with Gasteiger partial charge in [-0.2, -0.15) is 0 Å². The van der Waals surface area contributed by atoms with E-state index in [1.54, 1.807) is 0 Å². The van der Waals surface area contributed by atoms with Crippen molar-refractivity contribution >= 4 is 17.3 Å². The molecule has 18 heavy (non-hydrogen) atoms. The van der Waals surface area contributed by atoms with E-state index < -0.39 is 0 Å². The Balaban J connectivity index is 1.93. The Morgan fingerprint density at radius 1 is 0.889 bits per heavy atom. The summed E-state index contributed by atoms with van der Waals surface area (Å²) in [4.78, 5) is 11.9. The molecule has 0 aliphatic heterocycles. The van der Waals surface area contributed by atoms with Crippen molar-refractivity contribution in [3.05, 3.63) is 60.7 Å². The van der Waals surface area contributed by atoms with Gasteiger partial charge in [-0.1, -0.05) is 36.4 Å². The van der Waals surface area contributed by atoms with Crippen molar-refractivity contribution in [2.45, 2.75) is 13.0 Å². The zero-order valence-electron chi connectivity index (χ0n) is 10.3. The smallest absolute Gasteiger partial charge is 0.246 e. The molecule has 0 heterocycles. The van der Waals surface area contributed by atoms with Gasteiger partial charge in [0.25, 0.3) is 0 Å². The highest BCUT2D eigenvalue weighted by atomic mass is 16.2. The van der Waals surface area contributed by atoms with Crippen molar-refractivity contribution in [2.75, 3.05) is 10.6 Å². The monoisotopic (exact) mass is 240 g/mol. The van der Waals surface area contributed by atoms with Crippen molar-refractivity contribution in [1.82, 2.24) is 0 Å². The Bertz CT molecular complexity index is 496. The van der Waals surface area contributed by atoms with E-state index in [-0.39, 0.29) is 11.9 Å². The molecule has 1 atom stereocenters. The molecule has 0 saturated carbocycles. The van der Waals surface area contributed by atoms with E-state index >= 15 is 0 Å². The molecule has 0 fully saturated rings. The molecule has 3 nitrogen and oxygen atoms in total. The minimum absolute atomic E-state index is 0.0509. The number of hydrogen-bond acceptors (Lipinski definition) is 2. The molecule has 2 aromatic carbocycles. The van der Waals surface area contributed by atoms with Crippen LogP contribution in [0.4, 0.5) is 11.4 Å². The van der Waals surface area contributed by atoms with E-state index in [0.29, 0.717) is 0 Å². The number of nitrogens with one attached hydrogen (secondary N) is 2. The van der Waals surface area contributed by atoms with E-state index in [9.17, 15) is 4.79 Å². The summed E-state index contributed by atoms with van der Waals surface area (Å²) in [5.41, 5.74) is 1.75. The number of anilines is 2. The van der Waals surface area contributed by atoms with Crippen LogP contribution in [0.5, 0.6) is 0 Å². The van der Waals surface area contributed by atoms with E-state index in [0.717, 1.165) is 11.4 Å². The molecule has 3 heteroatoms. The van der Waals surface area contributed by atoms with Crippen LogP contribution in [0, 0.1) is 0 Å². The molecule has 1 unspecified atom stereocenters. The van der Waals surface area contributed by atoms with Crippen LogP contribution >= 0.6 is 0 Å². The Labute approximate surface area is 107 Å². The topological polar surface area (TPSA) is 41.1 Å². The summed E-state index contributed by atoms with van der Waals surface area (Å²) in [6.45, 7) is 1.84. The van der Waals surface area contributed by atoms with Gasteiger partial charge in [-0.05, 0) is 31.2 Å². The minimum atomic E-state index is -0.285. The number of rotatable bonds is 4. The number of benzene rings is 2. The zero-order valence-corrected chi connectivity index (χ0v) is 10.3. The molecule has 0 bridgehead atoms. The minimum Gasteiger partial charge on any atom is -0.374 e. The van der Waals surface area contributed by atoms with Gasteiger partial charge in [-0.25, -0.2) is 0 Å². The third-order valence-corrected chi connectivity index (χ3v) is 2.59. The highest BCUT2D eigenvalue weighted by molar-refractivity contribution is 5.96. The maximum absolute atomic E-state index is 11.9. The highest BCUT2D eigenvalue weighted by Crippen LogP contribution is 2.09. The van der Waals surface area contributed by atoms with Crippen LogP contribution in [0.3, 0.4) is 0 Å². The Morgan fingerprint density at radius 2 is 1.39 bits per heavy atom. The van der Waals surface area contributed by atoms with Crippen molar-refractivity contribution in [1.29, 1.82) is 0 Å². The second kappa shape index (κ2) is 5.87. The lowest BCUT2D eigenvalue weighted by molar-refractivity contribution is -0.116. The maximum Gasteiger partial charge on any atom is 0.246 e. The number of amides is 1. The second-order valence-electron chi connectivity index (χ2n) is 4.09. The van der Waals surface area contributed by atoms with E-state index in [4.69, 9.17) is 0 Å². The van der Waals surface area contributed by atoms with Gasteiger partial charge in [-0.15, -0.1) is 0 Å². The molecule has 2 N–H and O–H groups in total. The molecule has 2 rings (SSSR count). The van der Waals surface area contributed by atoms with Gasteiger partial charge in [0.05, 0.1) is 0 Å². The number of para-hydroxylation sites is 2. The van der Waals surface area contributed by atoms with Crippen LogP contribution in [0.1, 0.15) is 6.92 Å². The van der Waals surface area contributed by atoms with Crippen molar-refractivity contribution in [3.63, 3.8) is 0 Å². The predicted octanol–water partition coefficient (Wildman–Crippen LogP) is 3.13. The largest absolute Gasteiger partial charge is 0.374 e. The number of carbonyl (C=O) groups excluding carboxylic acids is 1. The molecule has 0 aromatic heterocycles. The van der Waals surface area contributed by atoms with E-state index in [2.05, 4.69) is 10.6 Å². The Kier molecular flexibility index (Phi) is 3.97. The fraction of sp³-hybridized carbons (Fsp3) is 0.133. The SMILES string of the molecule is CC(Nc1ccccc1)C(=O)Nc1ccccc1. The third kappa shape index (κ3) is 3.35. The molecule has 2 aromatic rings. The molecule has 0 saturated heterocycles. The Morgan fingerprint density at radius 3 is 1.94 bits per heavy atom. The quantitative estimate of drug-likeness (QED) is 0.862. The lowest BCUT2D eigenvalue weighted by Gasteiger charge is -2.15. The molecule has 0 radical (unpaired) electrons. The summed E-state index contributed by atoms with van der Waals surface area (Å²) < 4.78 is 0. The van der Waals surface area contributed by atoms with E-state index in [1.165, 1.54) is 0 Å². The summed E-state index contributed by atoms with van der Waals surface area (Å²) >= 11 is 0. The number of carbonyl (C=O) groups is 1. The normalized spacial score (nSPS) is 11.6. The van der Waals surface area contributed by atoms with Crippen LogP contribution in [0.15, 0.2) is 60.7 Å². The lowest BCUT2D eigenvalue weighted by Crippen LogP contribution is -2.31. The van der Waals surface area contributed by atoms with Gasteiger partial charge in [0.2, 0.25) is 5.91 Å². The average molecular weight is 240 g/mol. The van der Waals surface area contributed by atoms with Crippen LogP contribution in [0.2, 0.25) is 0 Å². The number of hydrogen-bond donors (Lipinski definition) is 2. The van der Waals surface area contributed by atoms with Crippen LogP contribution < -0.4 is 10.6 Å². The first kappa shape index (κ1) is 12.2. The molecular weight excluding hydrogens is 224 g/mol. The summed E-state index contributed by atoms with van der Waals surface area (Å²) in [5.74, 6) is -0.0509. The second-order valence-corrected chi connectivity index (χ2v) is 4.09. The molecule has 92 valence electrons. The summed E-state index contributed by atoms with van der Waals surface area (Å²) in [6.07, 6.45) is 0. The van der Waals surface area contributed by atoms with Gasteiger partial charge in [0.15, 0.2) is 0 Å². The lowest BCUT2D eigenvalue weighted by atomic mass is 10.2. The fourth-order valence-corrected chi connectivity index (χ4v) is 1.62. The van der Waals surface area contributed by atoms with Crippen molar-refractivity contribution in [3.8, 4) is 0 Å². The van der Waals surface area contributed by atoms with Gasteiger partial charge >= 0.3 is 0 Å². The molecule has 0 spiro atoms. The third-order valence-electron chi connectivity index (χ3n) is 2.59. The standard InChI is InChI=1S/C15H16N2O/c1-12(16-13-8-4-2-5-9-13)15(18)17-14-10-6-3-7-11-14/h2-12,16H,1H3,(H,17,18). The van der Waals surface area contributed by atoms with Crippen molar-refractivity contribution in [2.24, 2.45) is 0 Å². The van der Waals surface area contributed by atoms with Gasteiger partial charge in [0, 0.05) is 11.4 Å². The summed E-state index contributed by atoms with van der Waals surface area (Å²) in [6, 6.07) is 18.8. The first-order valence-electron chi connectivity index (χ1n) is 5.93. The summed E-state index contributed by atoms with van der Waals surface area (Å²) in [5, 5.41) is 6.01.